The molecule has 4 heteroatoms. The third-order valence-corrected chi connectivity index (χ3v) is 2.91. The van der Waals surface area contributed by atoms with Gasteiger partial charge in [0.15, 0.2) is 0 Å². The standard InChI is InChI=1S/C13H18ClN3/c1-5-7-10(6-2)17-13-11(9(3)4)12(14)15-8-16-13/h1,8-10H,6-7H2,2-4H3,(H,15,16,17). The van der Waals surface area contributed by atoms with Gasteiger partial charge in [-0.05, 0) is 12.3 Å². The van der Waals surface area contributed by atoms with Gasteiger partial charge < -0.3 is 5.32 Å². The summed E-state index contributed by atoms with van der Waals surface area (Å²) in [5.41, 5.74) is 0.949. The second-order valence-corrected chi connectivity index (χ2v) is 4.60. The lowest BCUT2D eigenvalue weighted by atomic mass is 10.1. The molecule has 1 aromatic rings. The molecular formula is C13H18ClN3. The van der Waals surface area contributed by atoms with Crippen LogP contribution in [0.25, 0.3) is 0 Å². The fraction of sp³-hybridized carbons (Fsp3) is 0.538. The van der Waals surface area contributed by atoms with E-state index in [1.807, 2.05) is 0 Å². The van der Waals surface area contributed by atoms with Crippen LogP contribution in [0, 0.1) is 12.3 Å². The third kappa shape index (κ3) is 3.61. The highest BCUT2D eigenvalue weighted by Gasteiger charge is 2.15. The Morgan fingerprint density at radius 1 is 1.47 bits per heavy atom. The van der Waals surface area contributed by atoms with Crippen LogP contribution in [-0.4, -0.2) is 16.0 Å². The number of aromatic nitrogens is 2. The summed E-state index contributed by atoms with van der Waals surface area (Å²) in [5.74, 6) is 3.73. The molecule has 0 saturated carbocycles. The molecule has 0 fully saturated rings. The van der Waals surface area contributed by atoms with Gasteiger partial charge in [-0.1, -0.05) is 32.4 Å². The predicted molar refractivity (Wildman–Crippen MR) is 72.3 cm³/mol. The van der Waals surface area contributed by atoms with Crippen LogP contribution in [0.2, 0.25) is 5.15 Å². The van der Waals surface area contributed by atoms with E-state index in [0.29, 0.717) is 11.6 Å². The number of nitrogens with zero attached hydrogens (tertiary/aromatic N) is 2. The summed E-state index contributed by atoms with van der Waals surface area (Å²) >= 11 is 6.10. The smallest absolute Gasteiger partial charge is 0.138 e. The van der Waals surface area contributed by atoms with Crippen molar-refractivity contribution in [3.05, 3.63) is 17.0 Å². The molecule has 0 radical (unpaired) electrons. The van der Waals surface area contributed by atoms with Gasteiger partial charge in [0.2, 0.25) is 0 Å². The summed E-state index contributed by atoms with van der Waals surface area (Å²) in [5, 5.41) is 3.85. The van der Waals surface area contributed by atoms with E-state index in [2.05, 4.69) is 42.0 Å². The molecule has 0 amide bonds. The molecule has 0 aliphatic rings. The maximum Gasteiger partial charge on any atom is 0.138 e. The molecule has 0 aliphatic carbocycles. The van der Waals surface area contributed by atoms with Gasteiger partial charge in [0.1, 0.15) is 17.3 Å². The van der Waals surface area contributed by atoms with Gasteiger partial charge in [0.05, 0.1) is 0 Å². The first-order valence-corrected chi connectivity index (χ1v) is 6.18. The highest BCUT2D eigenvalue weighted by Crippen LogP contribution is 2.28. The van der Waals surface area contributed by atoms with Crippen molar-refractivity contribution >= 4 is 17.4 Å². The van der Waals surface area contributed by atoms with Crippen LogP contribution < -0.4 is 5.32 Å². The average molecular weight is 252 g/mol. The Morgan fingerprint density at radius 3 is 2.71 bits per heavy atom. The van der Waals surface area contributed by atoms with Gasteiger partial charge in [-0.15, -0.1) is 12.3 Å². The van der Waals surface area contributed by atoms with Gasteiger partial charge in [-0.3, -0.25) is 0 Å². The summed E-state index contributed by atoms with van der Waals surface area (Å²) in [6, 6.07) is 0.225. The lowest BCUT2D eigenvalue weighted by molar-refractivity contribution is 0.705. The van der Waals surface area contributed by atoms with Crippen molar-refractivity contribution < 1.29 is 0 Å². The summed E-state index contributed by atoms with van der Waals surface area (Å²) in [7, 11) is 0. The maximum atomic E-state index is 6.10. The Hall–Kier alpha value is -1.27. The van der Waals surface area contributed by atoms with Crippen LogP contribution in [0.4, 0.5) is 5.82 Å². The maximum absolute atomic E-state index is 6.10. The van der Waals surface area contributed by atoms with Gasteiger partial charge in [0.25, 0.3) is 0 Å². The van der Waals surface area contributed by atoms with Gasteiger partial charge in [0, 0.05) is 18.0 Å². The molecule has 1 aromatic heterocycles. The number of hydrogen-bond acceptors (Lipinski definition) is 3. The van der Waals surface area contributed by atoms with Crippen LogP contribution in [-0.2, 0) is 0 Å². The minimum atomic E-state index is 0.225. The summed E-state index contributed by atoms with van der Waals surface area (Å²) in [6.07, 6.45) is 8.43. The Balaban J connectivity index is 2.98. The molecule has 0 bridgehead atoms. The monoisotopic (exact) mass is 251 g/mol. The minimum Gasteiger partial charge on any atom is -0.366 e. The van der Waals surface area contributed by atoms with Crippen LogP contribution in [0.1, 0.15) is 45.1 Å². The van der Waals surface area contributed by atoms with Crippen molar-refractivity contribution in [2.75, 3.05) is 5.32 Å². The number of rotatable bonds is 5. The highest BCUT2D eigenvalue weighted by molar-refractivity contribution is 6.30. The van der Waals surface area contributed by atoms with Gasteiger partial charge >= 0.3 is 0 Å². The van der Waals surface area contributed by atoms with E-state index in [-0.39, 0.29) is 12.0 Å². The molecule has 1 atom stereocenters. The number of terminal acetylenes is 1. The van der Waals surface area contributed by atoms with Crippen molar-refractivity contribution in [2.24, 2.45) is 0 Å². The highest BCUT2D eigenvalue weighted by atomic mass is 35.5. The molecule has 0 aliphatic heterocycles. The zero-order valence-corrected chi connectivity index (χ0v) is 11.3. The Labute approximate surface area is 108 Å². The van der Waals surface area contributed by atoms with Crippen molar-refractivity contribution in [1.82, 2.24) is 9.97 Å². The molecule has 1 unspecified atom stereocenters. The van der Waals surface area contributed by atoms with Crippen LogP contribution in [0.3, 0.4) is 0 Å². The molecule has 92 valence electrons. The number of hydrogen-bond donors (Lipinski definition) is 1. The van der Waals surface area contributed by atoms with Crippen molar-refractivity contribution in [2.45, 2.75) is 45.6 Å². The zero-order valence-electron chi connectivity index (χ0n) is 10.5. The van der Waals surface area contributed by atoms with E-state index in [4.69, 9.17) is 18.0 Å². The Morgan fingerprint density at radius 2 is 2.18 bits per heavy atom. The summed E-state index contributed by atoms with van der Waals surface area (Å²) < 4.78 is 0. The average Bonchev–Trinajstić information content (AvgIpc) is 2.28. The predicted octanol–water partition coefficient (Wildman–Crippen LogP) is 3.47. The third-order valence-electron chi connectivity index (χ3n) is 2.61. The molecule has 0 aromatic carbocycles. The van der Waals surface area contributed by atoms with E-state index >= 15 is 0 Å². The number of halogens is 1. The minimum absolute atomic E-state index is 0.225. The second-order valence-electron chi connectivity index (χ2n) is 4.24. The van der Waals surface area contributed by atoms with Crippen molar-refractivity contribution in [3.8, 4) is 12.3 Å². The van der Waals surface area contributed by atoms with E-state index in [1.165, 1.54) is 6.33 Å². The van der Waals surface area contributed by atoms with Crippen molar-refractivity contribution in [1.29, 1.82) is 0 Å². The molecule has 1 heterocycles. The van der Waals surface area contributed by atoms with Crippen LogP contribution >= 0.6 is 11.6 Å². The largest absolute Gasteiger partial charge is 0.366 e. The molecule has 1 rings (SSSR count). The molecule has 0 spiro atoms. The normalized spacial score (nSPS) is 12.2. The number of anilines is 1. The van der Waals surface area contributed by atoms with E-state index in [0.717, 1.165) is 17.8 Å². The lowest BCUT2D eigenvalue weighted by Gasteiger charge is -2.19. The summed E-state index contributed by atoms with van der Waals surface area (Å²) in [6.45, 7) is 6.22. The van der Waals surface area contributed by atoms with Gasteiger partial charge in [-0.25, -0.2) is 9.97 Å². The fourth-order valence-corrected chi connectivity index (χ4v) is 1.99. The number of nitrogens with one attached hydrogen (secondary N) is 1. The zero-order chi connectivity index (χ0) is 12.8. The van der Waals surface area contributed by atoms with E-state index in [9.17, 15) is 0 Å². The lowest BCUT2D eigenvalue weighted by Crippen LogP contribution is -2.20. The van der Waals surface area contributed by atoms with Gasteiger partial charge in [-0.2, -0.15) is 0 Å². The fourth-order valence-electron chi connectivity index (χ4n) is 1.63. The molecule has 17 heavy (non-hydrogen) atoms. The van der Waals surface area contributed by atoms with E-state index < -0.39 is 0 Å². The van der Waals surface area contributed by atoms with Crippen LogP contribution in [0.15, 0.2) is 6.33 Å². The summed E-state index contributed by atoms with van der Waals surface area (Å²) in [4.78, 5) is 8.27. The Kier molecular flexibility index (Phi) is 5.24. The SMILES string of the molecule is C#CCC(CC)Nc1ncnc(Cl)c1C(C)C. The molecule has 3 nitrogen and oxygen atoms in total. The van der Waals surface area contributed by atoms with Crippen LogP contribution in [0.5, 0.6) is 0 Å². The Bertz CT molecular complexity index is 410. The molecular weight excluding hydrogens is 234 g/mol. The first-order valence-electron chi connectivity index (χ1n) is 5.80. The quantitative estimate of drug-likeness (QED) is 0.643. The topological polar surface area (TPSA) is 37.8 Å². The van der Waals surface area contributed by atoms with Crippen molar-refractivity contribution in [3.63, 3.8) is 0 Å². The molecule has 1 N–H and O–H groups in total. The van der Waals surface area contributed by atoms with E-state index in [1.54, 1.807) is 0 Å². The molecule has 0 saturated heterocycles. The first kappa shape index (κ1) is 13.8. The second kappa shape index (κ2) is 6.46. The first-order chi connectivity index (χ1) is 8.10.